The van der Waals surface area contributed by atoms with Gasteiger partial charge in [0.2, 0.25) is 0 Å². The molecule has 2 heteroatoms. The first kappa shape index (κ1) is 7.92. The summed E-state index contributed by atoms with van der Waals surface area (Å²) >= 11 is 0. The van der Waals surface area contributed by atoms with E-state index in [1.165, 1.54) is 10.8 Å². The summed E-state index contributed by atoms with van der Waals surface area (Å²) in [4.78, 5) is 0. The van der Waals surface area contributed by atoms with E-state index in [4.69, 9.17) is 0 Å². The van der Waals surface area contributed by atoms with Gasteiger partial charge < -0.3 is 0 Å². The first-order valence-corrected chi connectivity index (χ1v) is 4.19. The third-order valence-corrected chi connectivity index (χ3v) is 1.95. The fraction of sp³-hybridized carbons (Fsp3) is 0.0909. The largest absolute Gasteiger partial charge is 0.192 e. The van der Waals surface area contributed by atoms with Crippen molar-refractivity contribution in [2.24, 2.45) is 10.2 Å². The monoisotopic (exact) mass is 170 g/mol. The minimum atomic E-state index is 0.904. The molecule has 0 saturated heterocycles. The summed E-state index contributed by atoms with van der Waals surface area (Å²) in [6.07, 6.45) is 0. The van der Waals surface area contributed by atoms with Gasteiger partial charge in [-0.15, -0.1) is 0 Å². The van der Waals surface area contributed by atoms with Crippen LogP contribution in [0.4, 0.5) is 5.69 Å². The van der Waals surface area contributed by atoms with E-state index in [9.17, 15) is 0 Å². The van der Waals surface area contributed by atoms with Crippen LogP contribution in [0.2, 0.25) is 0 Å². The second-order valence-electron chi connectivity index (χ2n) is 2.83. The molecule has 0 spiro atoms. The minimum absolute atomic E-state index is 0.904. The average Bonchev–Trinajstić information content (AvgIpc) is 2.18. The normalized spacial score (nSPS) is 11.2. The number of azo groups is 1. The molecule has 0 aliphatic carbocycles. The molecule has 2 nitrogen and oxygen atoms in total. The van der Waals surface area contributed by atoms with Crippen LogP contribution in [0.15, 0.2) is 52.7 Å². The number of hydrogen-bond donors (Lipinski definition) is 0. The quantitative estimate of drug-likeness (QED) is 0.585. The van der Waals surface area contributed by atoms with Crippen LogP contribution in [0.1, 0.15) is 0 Å². The van der Waals surface area contributed by atoms with E-state index in [0.29, 0.717) is 0 Å². The van der Waals surface area contributed by atoms with Crippen LogP contribution in [0.3, 0.4) is 0 Å². The second-order valence-corrected chi connectivity index (χ2v) is 2.83. The predicted molar refractivity (Wildman–Crippen MR) is 54.4 cm³/mol. The SMILES string of the molecule is C/N=N/c1ccc2ccccc2c1. The van der Waals surface area contributed by atoms with Crippen molar-refractivity contribution in [1.29, 1.82) is 0 Å². The topological polar surface area (TPSA) is 24.7 Å². The highest BCUT2D eigenvalue weighted by atomic mass is 15.1. The van der Waals surface area contributed by atoms with Crippen LogP contribution in [-0.2, 0) is 0 Å². The second kappa shape index (κ2) is 3.35. The van der Waals surface area contributed by atoms with Gasteiger partial charge in [0.05, 0.1) is 5.69 Å². The first-order valence-electron chi connectivity index (χ1n) is 4.19. The van der Waals surface area contributed by atoms with Gasteiger partial charge in [-0.3, -0.25) is 0 Å². The molecule has 0 N–H and O–H groups in total. The Hall–Kier alpha value is -1.70. The Labute approximate surface area is 76.9 Å². The Balaban J connectivity index is 2.62. The van der Waals surface area contributed by atoms with E-state index >= 15 is 0 Å². The fourth-order valence-electron chi connectivity index (χ4n) is 1.35. The molecule has 0 aromatic heterocycles. The van der Waals surface area contributed by atoms with Crippen LogP contribution in [-0.4, -0.2) is 7.05 Å². The van der Waals surface area contributed by atoms with Crippen molar-refractivity contribution in [3.8, 4) is 0 Å². The maximum absolute atomic E-state index is 3.98. The number of rotatable bonds is 1. The standard InChI is InChI=1S/C11H10N2/c1-12-13-11-7-6-9-4-2-3-5-10(9)8-11/h2-8H,1H3/b13-12+. The predicted octanol–water partition coefficient (Wildman–Crippen LogP) is 3.55. The molecule has 0 atom stereocenters. The Morgan fingerprint density at radius 1 is 0.923 bits per heavy atom. The molecule has 0 fully saturated rings. The molecule has 0 saturated carbocycles. The Morgan fingerprint density at radius 2 is 1.69 bits per heavy atom. The van der Waals surface area contributed by atoms with Crippen molar-refractivity contribution < 1.29 is 0 Å². The molecule has 0 heterocycles. The zero-order chi connectivity index (χ0) is 9.10. The molecule has 0 radical (unpaired) electrons. The summed E-state index contributed by atoms with van der Waals surface area (Å²) in [5.41, 5.74) is 0.904. The lowest BCUT2D eigenvalue weighted by molar-refractivity contribution is 1.17. The van der Waals surface area contributed by atoms with Crippen LogP contribution in [0.5, 0.6) is 0 Å². The molecule has 0 unspecified atom stereocenters. The molecule has 13 heavy (non-hydrogen) atoms. The molecule has 64 valence electrons. The third kappa shape index (κ3) is 1.56. The highest BCUT2D eigenvalue weighted by Gasteiger charge is 1.92. The van der Waals surface area contributed by atoms with Crippen LogP contribution < -0.4 is 0 Å². The van der Waals surface area contributed by atoms with Gasteiger partial charge in [0.15, 0.2) is 0 Å². The Bertz CT molecular complexity index is 447. The number of benzene rings is 2. The van der Waals surface area contributed by atoms with Gasteiger partial charge in [-0.25, -0.2) is 0 Å². The first-order chi connectivity index (χ1) is 6.40. The fourth-order valence-corrected chi connectivity index (χ4v) is 1.35. The summed E-state index contributed by atoms with van der Waals surface area (Å²) in [6.45, 7) is 0. The zero-order valence-electron chi connectivity index (χ0n) is 7.44. The van der Waals surface area contributed by atoms with Gasteiger partial charge in [0.25, 0.3) is 0 Å². The number of fused-ring (bicyclic) bond motifs is 1. The summed E-state index contributed by atoms with van der Waals surface area (Å²) in [5, 5.41) is 10.2. The summed E-state index contributed by atoms with van der Waals surface area (Å²) < 4.78 is 0. The van der Waals surface area contributed by atoms with Gasteiger partial charge in [-0.1, -0.05) is 30.3 Å². The van der Waals surface area contributed by atoms with Crippen LogP contribution in [0.25, 0.3) is 10.8 Å². The lowest BCUT2D eigenvalue weighted by Crippen LogP contribution is -1.70. The zero-order valence-corrected chi connectivity index (χ0v) is 7.44. The van der Waals surface area contributed by atoms with Gasteiger partial charge in [0, 0.05) is 7.05 Å². The molecular formula is C11H10N2. The smallest absolute Gasteiger partial charge is 0.0858 e. The molecule has 0 bridgehead atoms. The molecular weight excluding hydrogens is 160 g/mol. The number of nitrogens with zero attached hydrogens (tertiary/aromatic N) is 2. The van der Waals surface area contributed by atoms with E-state index in [0.717, 1.165) is 5.69 Å². The highest BCUT2D eigenvalue weighted by Crippen LogP contribution is 2.20. The van der Waals surface area contributed by atoms with Gasteiger partial charge in [0.1, 0.15) is 0 Å². The Morgan fingerprint density at radius 3 is 2.46 bits per heavy atom. The molecule has 0 aliphatic rings. The number of hydrogen-bond acceptors (Lipinski definition) is 2. The van der Waals surface area contributed by atoms with Crippen molar-refractivity contribution in [2.75, 3.05) is 7.05 Å². The highest BCUT2D eigenvalue weighted by molar-refractivity contribution is 5.84. The van der Waals surface area contributed by atoms with Crippen molar-refractivity contribution >= 4 is 16.5 Å². The molecule has 0 aliphatic heterocycles. The Kier molecular flexibility index (Phi) is 2.04. The van der Waals surface area contributed by atoms with Gasteiger partial charge >= 0.3 is 0 Å². The van der Waals surface area contributed by atoms with E-state index < -0.39 is 0 Å². The van der Waals surface area contributed by atoms with E-state index in [1.54, 1.807) is 7.05 Å². The van der Waals surface area contributed by atoms with E-state index in [1.807, 2.05) is 24.3 Å². The molecule has 2 rings (SSSR count). The molecule has 0 amide bonds. The summed E-state index contributed by atoms with van der Waals surface area (Å²) in [6, 6.07) is 14.3. The molecule has 2 aromatic carbocycles. The average molecular weight is 170 g/mol. The lowest BCUT2D eigenvalue weighted by Gasteiger charge is -1.97. The van der Waals surface area contributed by atoms with E-state index in [2.05, 4.69) is 28.4 Å². The van der Waals surface area contributed by atoms with Crippen molar-refractivity contribution in [3.05, 3.63) is 42.5 Å². The maximum Gasteiger partial charge on any atom is 0.0858 e. The van der Waals surface area contributed by atoms with Crippen LogP contribution >= 0.6 is 0 Å². The third-order valence-electron chi connectivity index (χ3n) is 1.95. The maximum atomic E-state index is 3.98. The van der Waals surface area contributed by atoms with Gasteiger partial charge in [-0.2, -0.15) is 10.2 Å². The summed E-state index contributed by atoms with van der Waals surface area (Å²) in [7, 11) is 1.68. The van der Waals surface area contributed by atoms with E-state index in [-0.39, 0.29) is 0 Å². The van der Waals surface area contributed by atoms with Crippen molar-refractivity contribution in [1.82, 2.24) is 0 Å². The molecule has 2 aromatic rings. The van der Waals surface area contributed by atoms with Crippen molar-refractivity contribution in [2.45, 2.75) is 0 Å². The van der Waals surface area contributed by atoms with Gasteiger partial charge in [-0.05, 0) is 22.9 Å². The minimum Gasteiger partial charge on any atom is -0.192 e. The van der Waals surface area contributed by atoms with Crippen molar-refractivity contribution in [3.63, 3.8) is 0 Å². The van der Waals surface area contributed by atoms with Crippen LogP contribution in [0, 0.1) is 0 Å². The summed E-state index contributed by atoms with van der Waals surface area (Å²) in [5.74, 6) is 0. The lowest BCUT2D eigenvalue weighted by atomic mass is 10.1.